The first-order valence-corrected chi connectivity index (χ1v) is 10.7. The lowest BCUT2D eigenvalue weighted by atomic mass is 9.64. The van der Waals surface area contributed by atoms with Gasteiger partial charge < -0.3 is 30.5 Å². The second kappa shape index (κ2) is 9.55. The third kappa shape index (κ3) is 4.91. The fourth-order valence-electron chi connectivity index (χ4n) is 4.64. The van der Waals surface area contributed by atoms with Crippen molar-refractivity contribution in [3.05, 3.63) is 12.2 Å². The number of hydrogen-bond donors (Lipinski definition) is 5. The molecule has 0 aromatic rings. The monoisotopic (exact) mass is 425 g/mol. The fourth-order valence-corrected chi connectivity index (χ4v) is 4.64. The lowest BCUT2D eigenvalue weighted by Crippen LogP contribution is -2.69. The molecule has 30 heavy (non-hydrogen) atoms. The van der Waals surface area contributed by atoms with Crippen LogP contribution in [0.5, 0.6) is 0 Å². The van der Waals surface area contributed by atoms with Crippen molar-refractivity contribution in [2.45, 2.75) is 93.8 Å². The molecule has 7 atom stereocenters. The third-order valence-corrected chi connectivity index (χ3v) is 6.35. The highest BCUT2D eigenvalue weighted by Crippen LogP contribution is 2.50. The number of aliphatic hydroxyl groups is 3. The molecule has 2 saturated carbocycles. The summed E-state index contributed by atoms with van der Waals surface area (Å²) in [5.74, 6) is -2.97. The molecule has 0 spiro atoms. The number of carbonyl (C=O) groups is 3. The van der Waals surface area contributed by atoms with Gasteiger partial charge in [-0.25, -0.2) is 0 Å². The zero-order chi connectivity index (χ0) is 21.9. The van der Waals surface area contributed by atoms with Crippen LogP contribution in [0, 0.1) is 5.92 Å². The molecule has 1 amide bonds. The van der Waals surface area contributed by atoms with Crippen LogP contribution in [0.2, 0.25) is 0 Å². The maximum Gasteiger partial charge on any atom is 0.303 e. The van der Waals surface area contributed by atoms with Crippen LogP contribution >= 0.6 is 0 Å². The predicted octanol–water partition coefficient (Wildman–Crippen LogP) is 0.0557. The molecule has 3 fully saturated rings. The molecule has 5 N–H and O–H groups in total. The Morgan fingerprint density at radius 2 is 1.77 bits per heavy atom. The Labute approximate surface area is 175 Å². The van der Waals surface area contributed by atoms with E-state index < -0.39 is 59.6 Å². The molecule has 2 aliphatic carbocycles. The minimum Gasteiger partial charge on any atom is -0.481 e. The number of aliphatic carboxylic acids is 1. The minimum atomic E-state index is -1.78. The lowest BCUT2D eigenvalue weighted by molar-refractivity contribution is -0.171. The molecular weight excluding hydrogens is 394 g/mol. The van der Waals surface area contributed by atoms with Crippen molar-refractivity contribution < 1.29 is 39.5 Å². The van der Waals surface area contributed by atoms with Gasteiger partial charge in [-0.15, -0.1) is 0 Å². The number of amides is 1. The minimum absolute atomic E-state index is 0.140. The van der Waals surface area contributed by atoms with E-state index in [1.54, 1.807) is 6.08 Å². The normalized spacial score (nSPS) is 37.1. The standard InChI is InChI=1S/C21H31NO8/c23-13(9-7-5-3-1-2-4-6-8-10-14(24)25)22-12-11-21(29)19(28)15(16(12)26)17(27)18-20(21)30-18/h7,9,12,15-18,20,26-27,29H,1-6,8,10-11H2,(H,22,23)(H,24,25)/t12-,15-,16+,17+,18-,20-,21+/m0/s1. The van der Waals surface area contributed by atoms with Gasteiger partial charge in [-0.05, 0) is 25.3 Å². The maximum absolute atomic E-state index is 12.4. The van der Waals surface area contributed by atoms with E-state index >= 15 is 0 Å². The van der Waals surface area contributed by atoms with Crippen molar-refractivity contribution in [1.29, 1.82) is 0 Å². The number of ether oxygens (including phenoxy) is 1. The van der Waals surface area contributed by atoms with Crippen LogP contribution in [-0.2, 0) is 19.1 Å². The Morgan fingerprint density at radius 3 is 2.47 bits per heavy atom. The zero-order valence-electron chi connectivity index (χ0n) is 16.9. The largest absolute Gasteiger partial charge is 0.481 e. The van der Waals surface area contributed by atoms with Crippen molar-refractivity contribution in [2.75, 3.05) is 0 Å². The SMILES string of the molecule is O=C(O)CCCCCCCCC=CC(=O)N[C@H]1C[C@@]2(O)C(=O)[C@H]([C@@H](O)[C@@H]3O[C@@H]32)[C@@H]1O. The van der Waals surface area contributed by atoms with Crippen molar-refractivity contribution in [2.24, 2.45) is 5.92 Å². The number of aliphatic hydroxyl groups excluding tert-OH is 2. The average Bonchev–Trinajstić information content (AvgIpc) is 3.48. The Morgan fingerprint density at radius 1 is 1.10 bits per heavy atom. The Balaban J connectivity index is 1.36. The summed E-state index contributed by atoms with van der Waals surface area (Å²) in [6.07, 6.45) is 5.58. The van der Waals surface area contributed by atoms with Crippen molar-refractivity contribution >= 4 is 17.7 Å². The van der Waals surface area contributed by atoms with Gasteiger partial charge in [-0.2, -0.15) is 0 Å². The molecule has 0 aromatic carbocycles. The van der Waals surface area contributed by atoms with Gasteiger partial charge in [0.2, 0.25) is 5.91 Å². The van der Waals surface area contributed by atoms with Crippen molar-refractivity contribution in [3.63, 3.8) is 0 Å². The zero-order valence-corrected chi connectivity index (χ0v) is 16.9. The van der Waals surface area contributed by atoms with E-state index in [2.05, 4.69) is 5.32 Å². The van der Waals surface area contributed by atoms with Crippen LogP contribution in [0.4, 0.5) is 0 Å². The molecule has 0 radical (unpaired) electrons. The maximum atomic E-state index is 12.4. The highest BCUT2D eigenvalue weighted by molar-refractivity contribution is 5.95. The van der Waals surface area contributed by atoms with E-state index in [4.69, 9.17) is 9.84 Å². The number of ketones is 1. The molecule has 0 unspecified atom stereocenters. The van der Waals surface area contributed by atoms with Gasteiger partial charge in [0.05, 0.1) is 24.2 Å². The number of carboxylic acids is 1. The molecule has 9 heteroatoms. The number of epoxide rings is 1. The van der Waals surface area contributed by atoms with Crippen LogP contribution < -0.4 is 5.32 Å². The first-order chi connectivity index (χ1) is 14.3. The number of Topliss-reactive ketones (excluding diaryl/α,β-unsaturated/α-hetero) is 1. The van der Waals surface area contributed by atoms with Crippen LogP contribution in [0.3, 0.4) is 0 Å². The Hall–Kier alpha value is -1.81. The van der Waals surface area contributed by atoms with Crippen LogP contribution in [0.25, 0.3) is 0 Å². The number of carboxylic acid groups (broad SMARTS) is 1. The van der Waals surface area contributed by atoms with Crippen LogP contribution in [0.1, 0.15) is 57.8 Å². The molecule has 2 bridgehead atoms. The van der Waals surface area contributed by atoms with E-state index in [-0.39, 0.29) is 12.8 Å². The fraction of sp³-hybridized carbons (Fsp3) is 0.762. The summed E-state index contributed by atoms with van der Waals surface area (Å²) in [7, 11) is 0. The van der Waals surface area contributed by atoms with Gasteiger partial charge in [0.15, 0.2) is 11.4 Å². The van der Waals surface area contributed by atoms with Crippen molar-refractivity contribution in [1.82, 2.24) is 5.32 Å². The predicted molar refractivity (Wildman–Crippen MR) is 104 cm³/mol. The number of carbonyl (C=O) groups excluding carboxylic acids is 2. The topological polar surface area (TPSA) is 157 Å². The molecule has 9 nitrogen and oxygen atoms in total. The van der Waals surface area contributed by atoms with Gasteiger partial charge in [-0.1, -0.05) is 31.8 Å². The van der Waals surface area contributed by atoms with Gasteiger partial charge in [0.25, 0.3) is 0 Å². The highest BCUT2D eigenvalue weighted by Gasteiger charge is 2.72. The first-order valence-electron chi connectivity index (χ1n) is 10.7. The molecule has 168 valence electrons. The van der Waals surface area contributed by atoms with Gasteiger partial charge >= 0.3 is 5.97 Å². The number of nitrogens with one attached hydrogen (secondary N) is 1. The smallest absolute Gasteiger partial charge is 0.303 e. The molecular formula is C21H31NO8. The van der Waals surface area contributed by atoms with E-state index in [0.29, 0.717) is 6.42 Å². The van der Waals surface area contributed by atoms with E-state index in [1.807, 2.05) is 0 Å². The van der Waals surface area contributed by atoms with Gasteiger partial charge in [-0.3, -0.25) is 14.4 Å². The molecule has 3 aliphatic rings. The first kappa shape index (κ1) is 22.9. The van der Waals surface area contributed by atoms with Gasteiger partial charge in [0, 0.05) is 12.8 Å². The van der Waals surface area contributed by atoms with Gasteiger partial charge in [0.1, 0.15) is 12.2 Å². The van der Waals surface area contributed by atoms with E-state index in [1.165, 1.54) is 6.08 Å². The van der Waals surface area contributed by atoms with Crippen molar-refractivity contribution in [3.8, 4) is 0 Å². The summed E-state index contributed by atoms with van der Waals surface area (Å²) in [5.41, 5.74) is -1.78. The Kier molecular flexibility index (Phi) is 7.28. The second-order valence-corrected chi connectivity index (χ2v) is 8.59. The van der Waals surface area contributed by atoms with E-state index in [0.717, 1.165) is 38.5 Å². The number of hydrogen-bond acceptors (Lipinski definition) is 7. The lowest BCUT2D eigenvalue weighted by Gasteiger charge is -2.46. The average molecular weight is 425 g/mol. The molecule has 0 aromatic heterocycles. The summed E-state index contributed by atoms with van der Waals surface area (Å²) in [5, 5.41) is 42.5. The number of rotatable bonds is 11. The number of unbranched alkanes of at least 4 members (excludes halogenated alkanes) is 6. The molecule has 3 rings (SSSR count). The summed E-state index contributed by atoms with van der Waals surface area (Å²) in [4.78, 5) is 35.0. The summed E-state index contributed by atoms with van der Waals surface area (Å²) in [6.45, 7) is 0. The molecule has 1 saturated heterocycles. The van der Waals surface area contributed by atoms with Crippen LogP contribution in [0.15, 0.2) is 12.2 Å². The quantitative estimate of drug-likeness (QED) is 0.177. The Bertz CT molecular complexity index is 694. The highest BCUT2D eigenvalue weighted by atomic mass is 16.6. The molecule has 1 aliphatic heterocycles. The number of allylic oxidation sites excluding steroid dienone is 1. The van der Waals surface area contributed by atoms with Crippen LogP contribution in [-0.4, -0.2) is 74.1 Å². The number of fused-ring (bicyclic) bond motifs is 4. The summed E-state index contributed by atoms with van der Waals surface area (Å²) >= 11 is 0. The third-order valence-electron chi connectivity index (χ3n) is 6.35. The summed E-state index contributed by atoms with van der Waals surface area (Å²) in [6, 6.07) is -0.847. The molecule has 1 heterocycles. The van der Waals surface area contributed by atoms with E-state index in [9.17, 15) is 29.7 Å². The second-order valence-electron chi connectivity index (χ2n) is 8.59. The summed E-state index contributed by atoms with van der Waals surface area (Å²) < 4.78 is 5.24.